The van der Waals surface area contributed by atoms with Gasteiger partial charge < -0.3 is 10.1 Å². The minimum absolute atomic E-state index is 0.00484. The highest BCUT2D eigenvalue weighted by molar-refractivity contribution is 6.09. The number of nitrogens with one attached hydrogen (secondary N) is 1. The first-order chi connectivity index (χ1) is 11.6. The molecule has 0 heterocycles. The summed E-state index contributed by atoms with van der Waals surface area (Å²) in [5.74, 6) is 0.133. The van der Waals surface area contributed by atoms with Crippen molar-refractivity contribution in [2.45, 2.75) is 6.92 Å². The van der Waals surface area contributed by atoms with Crippen LogP contribution in [0.1, 0.15) is 11.1 Å². The Kier molecular flexibility index (Phi) is 5.93. The lowest BCUT2D eigenvalue weighted by Gasteiger charge is -2.08. The average molecular weight is 318 g/mol. The van der Waals surface area contributed by atoms with Gasteiger partial charge in [0, 0.05) is 11.3 Å². The second kappa shape index (κ2) is 8.35. The van der Waals surface area contributed by atoms with E-state index in [9.17, 15) is 10.1 Å². The summed E-state index contributed by atoms with van der Waals surface area (Å²) in [6.07, 6.45) is 3.15. The van der Waals surface area contributed by atoms with Gasteiger partial charge in [0.15, 0.2) is 0 Å². The van der Waals surface area contributed by atoms with E-state index in [1.165, 1.54) is 6.08 Å². The van der Waals surface area contributed by atoms with E-state index in [4.69, 9.17) is 4.74 Å². The summed E-state index contributed by atoms with van der Waals surface area (Å²) < 4.78 is 5.54. The van der Waals surface area contributed by atoms with Gasteiger partial charge in [0.05, 0.1) is 0 Å². The van der Waals surface area contributed by atoms with Gasteiger partial charge in [0.25, 0.3) is 5.91 Å². The number of ether oxygens (including phenoxy) is 1. The summed E-state index contributed by atoms with van der Waals surface area (Å²) >= 11 is 0. The molecule has 0 aliphatic carbocycles. The van der Waals surface area contributed by atoms with Crippen molar-refractivity contribution in [1.29, 1.82) is 5.26 Å². The molecule has 2 rings (SSSR count). The van der Waals surface area contributed by atoms with Crippen molar-refractivity contribution in [3.8, 4) is 11.8 Å². The molecule has 0 bridgehead atoms. The molecule has 24 heavy (non-hydrogen) atoms. The van der Waals surface area contributed by atoms with Gasteiger partial charge in [-0.05, 0) is 31.2 Å². The molecule has 0 aromatic heterocycles. The molecule has 4 nitrogen and oxygen atoms in total. The van der Waals surface area contributed by atoms with Gasteiger partial charge in [-0.1, -0.05) is 48.6 Å². The van der Waals surface area contributed by atoms with Crippen LogP contribution in [0.15, 0.2) is 66.8 Å². The second-order valence-electron chi connectivity index (χ2n) is 5.13. The highest BCUT2D eigenvalue weighted by atomic mass is 16.5. The zero-order chi connectivity index (χ0) is 17.4. The van der Waals surface area contributed by atoms with Gasteiger partial charge in [-0.15, -0.1) is 0 Å². The zero-order valence-corrected chi connectivity index (χ0v) is 13.5. The first-order valence-corrected chi connectivity index (χ1v) is 7.46. The van der Waals surface area contributed by atoms with Crippen LogP contribution >= 0.6 is 0 Å². The monoisotopic (exact) mass is 318 g/mol. The van der Waals surface area contributed by atoms with Crippen molar-refractivity contribution in [3.05, 3.63) is 77.9 Å². The predicted molar refractivity (Wildman–Crippen MR) is 95.5 cm³/mol. The fourth-order valence-corrected chi connectivity index (χ4v) is 2.02. The standard InChI is InChI=1S/C20H18N2O2/c1-3-12-24-19-7-5-4-6-16(19)13-17(14-21)20(23)22-18-10-8-15(2)9-11-18/h3-11,13H,1,12H2,2H3,(H,22,23)/b17-13+. The first-order valence-electron chi connectivity index (χ1n) is 7.46. The van der Waals surface area contributed by atoms with Gasteiger partial charge >= 0.3 is 0 Å². The fourth-order valence-electron chi connectivity index (χ4n) is 2.02. The highest BCUT2D eigenvalue weighted by Crippen LogP contribution is 2.21. The Morgan fingerprint density at radius 3 is 2.62 bits per heavy atom. The fraction of sp³-hybridized carbons (Fsp3) is 0.100. The predicted octanol–water partition coefficient (Wildman–Crippen LogP) is 4.11. The van der Waals surface area contributed by atoms with Gasteiger partial charge in [0.2, 0.25) is 0 Å². The molecule has 1 N–H and O–H groups in total. The van der Waals surface area contributed by atoms with E-state index in [-0.39, 0.29) is 5.57 Å². The summed E-state index contributed by atoms with van der Waals surface area (Å²) in [6, 6.07) is 16.5. The highest BCUT2D eigenvalue weighted by Gasteiger charge is 2.11. The molecule has 0 saturated heterocycles. The van der Waals surface area contributed by atoms with Crippen molar-refractivity contribution in [1.82, 2.24) is 0 Å². The Balaban J connectivity index is 2.22. The number of rotatable bonds is 6. The zero-order valence-electron chi connectivity index (χ0n) is 13.5. The van der Waals surface area contributed by atoms with Gasteiger partial charge in [-0.2, -0.15) is 5.26 Å². The maximum Gasteiger partial charge on any atom is 0.266 e. The van der Waals surface area contributed by atoms with E-state index in [0.717, 1.165) is 5.56 Å². The number of amides is 1. The maximum atomic E-state index is 12.3. The van der Waals surface area contributed by atoms with Crippen molar-refractivity contribution in [3.63, 3.8) is 0 Å². The molecule has 2 aromatic rings. The summed E-state index contributed by atoms with van der Waals surface area (Å²) in [7, 11) is 0. The third-order valence-electron chi connectivity index (χ3n) is 3.25. The maximum absolute atomic E-state index is 12.3. The van der Waals surface area contributed by atoms with E-state index in [1.54, 1.807) is 30.3 Å². The number of aryl methyl sites for hydroxylation is 1. The molecule has 4 heteroatoms. The Morgan fingerprint density at radius 2 is 1.96 bits per heavy atom. The van der Waals surface area contributed by atoms with Crippen molar-refractivity contribution < 1.29 is 9.53 Å². The van der Waals surface area contributed by atoms with Crippen LogP contribution in [0.25, 0.3) is 6.08 Å². The van der Waals surface area contributed by atoms with Gasteiger partial charge in [0.1, 0.15) is 24.0 Å². The minimum Gasteiger partial charge on any atom is -0.489 e. The van der Waals surface area contributed by atoms with Gasteiger partial charge in [-0.3, -0.25) is 4.79 Å². The summed E-state index contributed by atoms with van der Waals surface area (Å²) in [4.78, 5) is 12.3. The van der Waals surface area contributed by atoms with E-state index >= 15 is 0 Å². The Hall–Kier alpha value is -3.32. The second-order valence-corrected chi connectivity index (χ2v) is 5.13. The first kappa shape index (κ1) is 17.0. The minimum atomic E-state index is -0.458. The van der Waals surface area contributed by atoms with Crippen LogP contribution in [0.2, 0.25) is 0 Å². The molecule has 0 unspecified atom stereocenters. The largest absolute Gasteiger partial charge is 0.489 e. The lowest BCUT2D eigenvalue weighted by atomic mass is 10.1. The number of carbonyl (C=O) groups excluding carboxylic acids is 1. The molecule has 0 spiro atoms. The molecule has 0 aliphatic heterocycles. The molecule has 0 atom stereocenters. The summed E-state index contributed by atoms with van der Waals surface area (Å²) in [5, 5.41) is 12.0. The third-order valence-corrected chi connectivity index (χ3v) is 3.25. The van der Waals surface area contributed by atoms with E-state index in [1.807, 2.05) is 37.3 Å². The number of nitriles is 1. The lowest BCUT2D eigenvalue weighted by molar-refractivity contribution is -0.112. The summed E-state index contributed by atoms with van der Waals surface area (Å²) in [6.45, 7) is 5.92. The number of para-hydroxylation sites is 1. The average Bonchev–Trinajstić information content (AvgIpc) is 2.60. The molecule has 0 radical (unpaired) electrons. The number of nitrogens with zero attached hydrogens (tertiary/aromatic N) is 1. The van der Waals surface area contributed by atoms with E-state index < -0.39 is 5.91 Å². The number of hydrogen-bond acceptors (Lipinski definition) is 3. The van der Waals surface area contributed by atoms with Crippen LogP contribution in [0.5, 0.6) is 5.75 Å². The number of carbonyl (C=O) groups is 1. The van der Waals surface area contributed by atoms with E-state index in [2.05, 4.69) is 11.9 Å². The number of anilines is 1. The van der Waals surface area contributed by atoms with Gasteiger partial charge in [-0.25, -0.2) is 0 Å². The molecule has 0 aliphatic rings. The number of benzene rings is 2. The smallest absolute Gasteiger partial charge is 0.266 e. The molecular formula is C20H18N2O2. The Bertz CT molecular complexity index is 799. The topological polar surface area (TPSA) is 62.1 Å². The third kappa shape index (κ3) is 4.59. The van der Waals surface area contributed by atoms with Crippen LogP contribution in [-0.4, -0.2) is 12.5 Å². The van der Waals surface area contributed by atoms with Crippen molar-refractivity contribution in [2.75, 3.05) is 11.9 Å². The van der Waals surface area contributed by atoms with Crippen molar-refractivity contribution in [2.24, 2.45) is 0 Å². The Labute approximate surface area is 141 Å². The molecule has 120 valence electrons. The quantitative estimate of drug-likeness (QED) is 0.495. The SMILES string of the molecule is C=CCOc1ccccc1/C=C(\C#N)C(=O)Nc1ccc(C)cc1. The normalized spacial score (nSPS) is 10.6. The molecule has 0 fully saturated rings. The number of hydrogen-bond donors (Lipinski definition) is 1. The van der Waals surface area contributed by atoms with Crippen LogP contribution in [0, 0.1) is 18.3 Å². The van der Waals surface area contributed by atoms with E-state index in [0.29, 0.717) is 23.6 Å². The molecule has 0 saturated carbocycles. The Morgan fingerprint density at radius 1 is 1.25 bits per heavy atom. The van der Waals surface area contributed by atoms with Crippen LogP contribution < -0.4 is 10.1 Å². The summed E-state index contributed by atoms with van der Waals surface area (Å²) in [5.41, 5.74) is 2.40. The van der Waals surface area contributed by atoms with Crippen molar-refractivity contribution >= 4 is 17.7 Å². The van der Waals surface area contributed by atoms with Crippen LogP contribution in [0.3, 0.4) is 0 Å². The van der Waals surface area contributed by atoms with Crippen LogP contribution in [0.4, 0.5) is 5.69 Å². The molecule has 1 amide bonds. The lowest BCUT2D eigenvalue weighted by Crippen LogP contribution is -2.13. The van der Waals surface area contributed by atoms with Crippen LogP contribution in [-0.2, 0) is 4.79 Å². The molecule has 2 aromatic carbocycles. The molecular weight excluding hydrogens is 300 g/mol.